The quantitative estimate of drug-likeness (QED) is 0.282. The molecule has 0 saturated heterocycles. The van der Waals surface area contributed by atoms with Gasteiger partial charge in [-0.2, -0.15) is 20.4 Å². The van der Waals surface area contributed by atoms with Crippen molar-refractivity contribution < 1.29 is 0 Å². The maximum Gasteiger partial charge on any atom is 0.209 e. The molecule has 0 unspecified atom stereocenters. The first-order chi connectivity index (χ1) is 13.7. The van der Waals surface area contributed by atoms with Gasteiger partial charge in [0.2, 0.25) is 8.07 Å². The molecule has 0 spiro atoms. The summed E-state index contributed by atoms with van der Waals surface area (Å²) in [6.45, 7) is 0. The summed E-state index contributed by atoms with van der Waals surface area (Å²) in [6, 6.07) is 0. The van der Waals surface area contributed by atoms with Crippen molar-refractivity contribution in [3.63, 3.8) is 0 Å². The number of rotatable bonds is 4. The molecule has 0 aliphatic rings. The van der Waals surface area contributed by atoms with Crippen LogP contribution in [0.2, 0.25) is 41.2 Å². The van der Waals surface area contributed by atoms with Gasteiger partial charge in [0.1, 0.15) is 20.6 Å². The third-order valence-electron chi connectivity index (χ3n) is 4.21. The van der Waals surface area contributed by atoms with Crippen LogP contribution in [0.1, 0.15) is 0 Å². The molecule has 0 amide bonds. The van der Waals surface area contributed by atoms with Crippen LogP contribution < -0.4 is 20.7 Å². The summed E-state index contributed by atoms with van der Waals surface area (Å²) < 4.78 is 0. The predicted molar refractivity (Wildman–Crippen MR) is 119 cm³/mol. The molecule has 4 rings (SSSR count). The van der Waals surface area contributed by atoms with Gasteiger partial charge in [0.05, 0.1) is 0 Å². The number of nitrogens with zero attached hydrogens (tertiary/aromatic N) is 4. The molecule has 29 heavy (non-hydrogen) atoms. The van der Waals surface area contributed by atoms with Crippen molar-refractivity contribution in [3.8, 4) is 0 Å². The molecule has 0 radical (unpaired) electrons. The van der Waals surface area contributed by atoms with Gasteiger partial charge in [-0.1, -0.05) is 92.8 Å². The molecule has 0 aliphatic carbocycles. The Bertz CT molecular complexity index is 957. The van der Waals surface area contributed by atoms with Gasteiger partial charge in [0.15, 0.2) is 20.6 Å². The fraction of sp³-hybridized carbons (Fsp3) is 0. The maximum atomic E-state index is 6.48. The van der Waals surface area contributed by atoms with Gasteiger partial charge in [-0.3, -0.25) is 20.4 Å². The summed E-state index contributed by atoms with van der Waals surface area (Å²) in [6.07, 6.45) is 0. The first-order valence-corrected chi connectivity index (χ1v) is 12.3. The smallest absolute Gasteiger partial charge is 0.209 e. The first-order valence-electron chi connectivity index (χ1n) is 7.30. The fourth-order valence-corrected chi connectivity index (χ4v) is 12.4. The molecule has 4 aromatic rings. The molecule has 4 heterocycles. The molecule has 0 atom stereocenters. The number of hydrogen-bond donors (Lipinski definition) is 4. The summed E-state index contributed by atoms with van der Waals surface area (Å²) in [5.41, 5.74) is 0. The lowest BCUT2D eigenvalue weighted by Crippen LogP contribution is -2.76. The third-order valence-corrected chi connectivity index (χ3v) is 12.6. The molecular weight excluding hydrogens is 568 g/mol. The average Bonchev–Trinajstić information content (AvgIpc) is 3.37. The summed E-state index contributed by atoms with van der Waals surface area (Å²) in [5.74, 6) is 0. The van der Waals surface area contributed by atoms with Crippen LogP contribution in [0.4, 0.5) is 0 Å². The molecule has 0 aliphatic heterocycles. The fourth-order valence-electron chi connectivity index (χ4n) is 3.23. The molecule has 152 valence electrons. The van der Waals surface area contributed by atoms with Crippen LogP contribution in [-0.4, -0.2) is 48.9 Å². The number of H-pyrrole nitrogens is 4. The highest BCUT2D eigenvalue weighted by molar-refractivity contribution is 7.24. The lowest BCUT2D eigenvalue weighted by molar-refractivity contribution is 1.09. The Kier molecular flexibility index (Phi) is 5.82. The van der Waals surface area contributed by atoms with Gasteiger partial charge in [-0.25, -0.2) is 0 Å². The number of aromatic nitrogens is 8. The van der Waals surface area contributed by atoms with Crippen LogP contribution in [-0.2, 0) is 0 Å². The van der Waals surface area contributed by atoms with E-state index in [1.54, 1.807) is 0 Å². The molecule has 8 nitrogen and oxygen atoms in total. The molecule has 17 heteroatoms. The third kappa shape index (κ3) is 3.10. The van der Waals surface area contributed by atoms with Gasteiger partial charge in [0.25, 0.3) is 0 Å². The number of nitrogens with one attached hydrogen (secondary N) is 4. The van der Waals surface area contributed by atoms with Crippen LogP contribution in [0.3, 0.4) is 0 Å². The van der Waals surface area contributed by atoms with Crippen molar-refractivity contribution in [2.75, 3.05) is 0 Å². The Morgan fingerprint density at radius 2 is 0.621 bits per heavy atom. The van der Waals surface area contributed by atoms with Crippen molar-refractivity contribution in [1.82, 2.24) is 40.8 Å². The average molecular weight is 572 g/mol. The summed E-state index contributed by atoms with van der Waals surface area (Å²) in [5, 5.41) is 27.8. The Morgan fingerprint density at radius 1 is 0.414 bits per heavy atom. The minimum absolute atomic E-state index is 0.00309. The zero-order valence-corrected chi connectivity index (χ0v) is 20.4. The molecule has 0 bridgehead atoms. The highest BCUT2D eigenvalue weighted by Crippen LogP contribution is 2.29. The minimum atomic E-state index is -3.88. The van der Waals surface area contributed by atoms with E-state index in [4.69, 9.17) is 92.8 Å². The number of halogens is 8. The Morgan fingerprint density at radius 3 is 0.759 bits per heavy atom. The maximum absolute atomic E-state index is 6.48. The first kappa shape index (κ1) is 21.6. The summed E-state index contributed by atoms with van der Waals surface area (Å²) in [4.78, 5) is 0. The van der Waals surface area contributed by atoms with E-state index in [1.165, 1.54) is 0 Å². The highest BCUT2D eigenvalue weighted by Gasteiger charge is 2.56. The largest absolute Gasteiger partial charge is 0.266 e. The number of hydrogen-bond acceptors (Lipinski definition) is 4. The van der Waals surface area contributed by atoms with Gasteiger partial charge in [0, 0.05) is 20.7 Å². The molecule has 0 aromatic carbocycles. The molecule has 4 N–H and O–H groups in total. The van der Waals surface area contributed by atoms with Crippen molar-refractivity contribution in [2.45, 2.75) is 0 Å². The zero-order valence-electron chi connectivity index (χ0n) is 13.3. The van der Waals surface area contributed by atoms with Gasteiger partial charge in [-0.15, -0.1) is 0 Å². The van der Waals surface area contributed by atoms with Crippen LogP contribution >= 0.6 is 92.8 Å². The van der Waals surface area contributed by atoms with Gasteiger partial charge < -0.3 is 0 Å². The molecule has 0 fully saturated rings. The van der Waals surface area contributed by atoms with E-state index in [1.807, 2.05) is 0 Å². The number of aromatic amines is 4. The molecule has 4 aromatic heterocycles. The highest BCUT2D eigenvalue weighted by atomic mass is 35.5. The topological polar surface area (TPSA) is 115 Å². The summed E-state index contributed by atoms with van der Waals surface area (Å²) >= 11 is 51.7. The van der Waals surface area contributed by atoms with Crippen LogP contribution in [0.25, 0.3) is 0 Å². The lowest BCUT2D eigenvalue weighted by Gasteiger charge is -2.31. The van der Waals surface area contributed by atoms with Crippen molar-refractivity contribution >= 4 is 122 Å². The van der Waals surface area contributed by atoms with Crippen molar-refractivity contribution in [3.05, 3.63) is 41.2 Å². The van der Waals surface area contributed by atoms with Gasteiger partial charge >= 0.3 is 0 Å². The van der Waals surface area contributed by atoms with Crippen LogP contribution in [0, 0.1) is 0 Å². The van der Waals surface area contributed by atoms with E-state index >= 15 is 0 Å². The monoisotopic (exact) mass is 568 g/mol. The Labute approximate surface area is 202 Å². The lowest BCUT2D eigenvalue weighted by atomic mass is 10.6. The second kappa shape index (κ2) is 7.81. The SMILES string of the molecule is Clc1n[nH]c(Cl)c1[Si](c1c(Cl)n[nH]c1Cl)(c1c(Cl)n[nH]c1Cl)c1c(Cl)n[nH]c1Cl. The Balaban J connectivity index is 2.35. The molecule has 0 saturated carbocycles. The molecular formula is C12H4Cl8N8Si. The second-order valence-corrected chi connectivity index (χ2v) is 12.0. The van der Waals surface area contributed by atoms with E-state index < -0.39 is 8.07 Å². The summed E-state index contributed by atoms with van der Waals surface area (Å²) in [7, 11) is -3.88. The van der Waals surface area contributed by atoms with Crippen LogP contribution in [0.15, 0.2) is 0 Å². The van der Waals surface area contributed by atoms with Gasteiger partial charge in [-0.05, 0) is 0 Å². The van der Waals surface area contributed by atoms with E-state index in [-0.39, 0.29) is 62.0 Å². The van der Waals surface area contributed by atoms with Crippen molar-refractivity contribution in [1.29, 1.82) is 0 Å². The predicted octanol–water partition coefficient (Wildman–Crippen LogP) is 3.18. The zero-order chi connectivity index (χ0) is 21.1. The van der Waals surface area contributed by atoms with Crippen molar-refractivity contribution in [2.24, 2.45) is 0 Å². The van der Waals surface area contributed by atoms with Crippen LogP contribution in [0.5, 0.6) is 0 Å². The normalized spacial score (nSPS) is 12.1. The van der Waals surface area contributed by atoms with E-state index in [9.17, 15) is 0 Å². The standard InChI is InChI=1S/C12H4Cl8N8Si/c13-5-1(6(14)22-21-5)29(2-7(15)23-24-8(2)16,3-9(17)25-26-10(3)18)4-11(19)27-28-12(4)20/h(H,21,22)(H,23,24)(H,25,26)(H,27,28). The van der Waals surface area contributed by atoms with E-state index in [0.29, 0.717) is 0 Å². The minimum Gasteiger partial charge on any atom is -0.266 e. The Hall–Kier alpha value is -0.623. The second-order valence-electron chi connectivity index (χ2n) is 5.56. The van der Waals surface area contributed by atoms with E-state index in [0.717, 1.165) is 0 Å². The van der Waals surface area contributed by atoms with E-state index in [2.05, 4.69) is 40.8 Å².